The van der Waals surface area contributed by atoms with Crippen molar-refractivity contribution in [2.75, 3.05) is 7.11 Å². The molecule has 2 atom stereocenters. The van der Waals surface area contributed by atoms with Crippen LogP contribution >= 0.6 is 11.6 Å². The van der Waals surface area contributed by atoms with Crippen molar-refractivity contribution >= 4 is 22.6 Å². The van der Waals surface area contributed by atoms with Crippen LogP contribution in [-0.4, -0.2) is 16.7 Å². The number of halogens is 1. The summed E-state index contributed by atoms with van der Waals surface area (Å²) in [6, 6.07) is 6.52. The lowest BCUT2D eigenvalue weighted by atomic mass is 10.2. The maximum Gasteiger partial charge on any atom is 0.146 e. The van der Waals surface area contributed by atoms with E-state index in [2.05, 4.69) is 17.6 Å². The number of rotatable bonds is 4. The summed E-state index contributed by atoms with van der Waals surface area (Å²) in [6.45, 7) is 4.24. The first kappa shape index (κ1) is 12.8. The average molecular weight is 279 g/mol. The van der Waals surface area contributed by atoms with E-state index in [0.29, 0.717) is 6.04 Å². The second-order valence-corrected chi connectivity index (χ2v) is 6.02. The van der Waals surface area contributed by atoms with Gasteiger partial charge >= 0.3 is 0 Å². The van der Waals surface area contributed by atoms with Gasteiger partial charge in [0.1, 0.15) is 17.1 Å². The van der Waals surface area contributed by atoms with E-state index in [4.69, 9.17) is 21.3 Å². The number of nitrogens with zero attached hydrogens (tertiary/aromatic N) is 2. The molecular weight excluding hydrogens is 260 g/mol. The van der Waals surface area contributed by atoms with Crippen molar-refractivity contribution < 1.29 is 4.74 Å². The van der Waals surface area contributed by atoms with Crippen molar-refractivity contribution in [1.29, 1.82) is 0 Å². The fourth-order valence-electron chi connectivity index (χ4n) is 2.77. The second-order valence-electron chi connectivity index (χ2n) is 5.36. The van der Waals surface area contributed by atoms with Gasteiger partial charge in [-0.15, -0.1) is 11.6 Å². The monoisotopic (exact) mass is 278 g/mol. The molecule has 0 radical (unpaired) electrons. The van der Waals surface area contributed by atoms with E-state index in [0.717, 1.165) is 28.5 Å². The Bertz CT molecular complexity index is 601. The number of ether oxygens (including phenoxy) is 1. The summed E-state index contributed by atoms with van der Waals surface area (Å²) < 4.78 is 7.71. The van der Waals surface area contributed by atoms with E-state index in [1.54, 1.807) is 7.11 Å². The highest BCUT2D eigenvalue weighted by Gasteiger charge is 2.32. The molecule has 1 saturated carbocycles. The van der Waals surface area contributed by atoms with Gasteiger partial charge in [-0.1, -0.05) is 6.07 Å². The van der Waals surface area contributed by atoms with Crippen molar-refractivity contribution in [3.05, 3.63) is 24.0 Å². The van der Waals surface area contributed by atoms with Crippen molar-refractivity contribution in [2.24, 2.45) is 5.92 Å². The fourth-order valence-corrected chi connectivity index (χ4v) is 2.93. The minimum atomic E-state index is -0.0988. The summed E-state index contributed by atoms with van der Waals surface area (Å²) in [7, 11) is 1.68. The number of fused-ring (bicyclic) bond motifs is 1. The van der Waals surface area contributed by atoms with Crippen LogP contribution in [0.1, 0.15) is 43.9 Å². The average Bonchev–Trinajstić information content (AvgIpc) is 3.16. The molecule has 1 aromatic heterocycles. The zero-order chi connectivity index (χ0) is 13.6. The molecule has 0 spiro atoms. The number of methoxy groups -OCH3 is 1. The number of para-hydroxylation sites is 1. The molecular formula is C15H19ClN2O. The lowest BCUT2D eigenvalue weighted by Gasteiger charge is -2.18. The van der Waals surface area contributed by atoms with Crippen LogP contribution in [0, 0.1) is 5.92 Å². The summed E-state index contributed by atoms with van der Waals surface area (Å²) in [5.74, 6) is 2.52. The molecule has 0 saturated heterocycles. The van der Waals surface area contributed by atoms with E-state index in [1.807, 2.05) is 19.1 Å². The Labute approximate surface area is 118 Å². The predicted octanol–water partition coefficient (Wildman–Crippen LogP) is 4.32. The topological polar surface area (TPSA) is 27.1 Å². The maximum absolute atomic E-state index is 6.32. The molecule has 0 N–H and O–H groups in total. The van der Waals surface area contributed by atoms with Gasteiger partial charge in [0.2, 0.25) is 0 Å². The minimum absolute atomic E-state index is 0.0988. The van der Waals surface area contributed by atoms with E-state index < -0.39 is 0 Å². The molecule has 1 aliphatic carbocycles. The van der Waals surface area contributed by atoms with Crippen LogP contribution in [0.15, 0.2) is 18.2 Å². The minimum Gasteiger partial charge on any atom is -0.494 e. The van der Waals surface area contributed by atoms with Crippen molar-refractivity contribution in [1.82, 2.24) is 9.55 Å². The van der Waals surface area contributed by atoms with Crippen molar-refractivity contribution in [3.63, 3.8) is 0 Å². The van der Waals surface area contributed by atoms with Gasteiger partial charge in [0.05, 0.1) is 18.0 Å². The molecule has 4 heteroatoms. The molecule has 1 aliphatic rings. The predicted molar refractivity (Wildman–Crippen MR) is 78.0 cm³/mol. The van der Waals surface area contributed by atoms with Crippen LogP contribution < -0.4 is 4.74 Å². The van der Waals surface area contributed by atoms with Crippen molar-refractivity contribution in [3.8, 4) is 5.75 Å². The number of benzene rings is 1. The van der Waals surface area contributed by atoms with Crippen LogP contribution in [0.3, 0.4) is 0 Å². The molecule has 1 aromatic carbocycles. The van der Waals surface area contributed by atoms with Crippen LogP contribution in [0.25, 0.3) is 11.0 Å². The highest BCUT2D eigenvalue weighted by molar-refractivity contribution is 6.20. The smallest absolute Gasteiger partial charge is 0.146 e. The largest absolute Gasteiger partial charge is 0.494 e. The van der Waals surface area contributed by atoms with Crippen LogP contribution in [0.5, 0.6) is 5.75 Å². The summed E-state index contributed by atoms with van der Waals surface area (Å²) >= 11 is 6.32. The molecule has 2 unspecified atom stereocenters. The Morgan fingerprint density at radius 1 is 1.37 bits per heavy atom. The molecule has 1 fully saturated rings. The Morgan fingerprint density at radius 2 is 2.11 bits per heavy atom. The summed E-state index contributed by atoms with van der Waals surface area (Å²) in [6.07, 6.45) is 2.61. The Balaban J connectivity index is 2.23. The molecule has 0 amide bonds. The number of alkyl halides is 1. The number of aromatic nitrogens is 2. The molecule has 0 aliphatic heterocycles. The maximum atomic E-state index is 6.32. The lowest BCUT2D eigenvalue weighted by Crippen LogP contribution is -2.11. The van der Waals surface area contributed by atoms with Crippen molar-refractivity contribution in [2.45, 2.75) is 38.1 Å². The standard InChI is InChI=1S/C15H19ClN2O/c1-9(16)15-17-14-12(5-4-6-13(14)19-3)18(15)10(2)11-7-8-11/h4-6,9-11H,7-8H2,1-3H3. The van der Waals surface area contributed by atoms with Crippen LogP contribution in [0.4, 0.5) is 0 Å². The van der Waals surface area contributed by atoms with Gasteiger partial charge in [-0.05, 0) is 44.7 Å². The highest BCUT2D eigenvalue weighted by Crippen LogP contribution is 2.43. The zero-order valence-corrected chi connectivity index (χ0v) is 12.3. The highest BCUT2D eigenvalue weighted by atomic mass is 35.5. The number of hydrogen-bond acceptors (Lipinski definition) is 2. The van der Waals surface area contributed by atoms with Crippen LogP contribution in [-0.2, 0) is 0 Å². The molecule has 2 aromatic rings. The molecule has 102 valence electrons. The third-order valence-corrected chi connectivity index (χ3v) is 4.19. The second kappa shape index (κ2) is 4.71. The number of imidazole rings is 1. The van der Waals surface area contributed by atoms with Gasteiger partial charge < -0.3 is 9.30 Å². The van der Waals surface area contributed by atoms with E-state index in [1.165, 1.54) is 12.8 Å². The third kappa shape index (κ3) is 2.10. The van der Waals surface area contributed by atoms with E-state index >= 15 is 0 Å². The normalized spacial score (nSPS) is 18.5. The first-order valence-corrected chi connectivity index (χ1v) is 7.26. The molecule has 19 heavy (non-hydrogen) atoms. The zero-order valence-electron chi connectivity index (χ0n) is 11.6. The summed E-state index contributed by atoms with van der Waals surface area (Å²) in [5.41, 5.74) is 2.04. The quantitative estimate of drug-likeness (QED) is 0.779. The molecule has 3 rings (SSSR count). The van der Waals surface area contributed by atoms with E-state index in [-0.39, 0.29) is 5.38 Å². The van der Waals surface area contributed by atoms with Gasteiger partial charge in [-0.25, -0.2) is 4.98 Å². The molecule has 1 heterocycles. The van der Waals surface area contributed by atoms with Gasteiger partial charge in [0.25, 0.3) is 0 Å². The fraction of sp³-hybridized carbons (Fsp3) is 0.533. The Morgan fingerprint density at radius 3 is 2.68 bits per heavy atom. The summed E-state index contributed by atoms with van der Waals surface area (Å²) in [4.78, 5) is 4.72. The van der Waals surface area contributed by atoms with Gasteiger partial charge in [0.15, 0.2) is 0 Å². The Hall–Kier alpha value is -1.22. The Kier molecular flexibility index (Phi) is 3.17. The first-order chi connectivity index (χ1) is 9.13. The van der Waals surface area contributed by atoms with Gasteiger partial charge in [-0.3, -0.25) is 0 Å². The number of hydrogen-bond donors (Lipinski definition) is 0. The lowest BCUT2D eigenvalue weighted by molar-refractivity contribution is 0.419. The molecule has 0 bridgehead atoms. The van der Waals surface area contributed by atoms with Gasteiger partial charge in [-0.2, -0.15) is 0 Å². The molecule has 3 nitrogen and oxygen atoms in total. The van der Waals surface area contributed by atoms with Crippen LogP contribution in [0.2, 0.25) is 0 Å². The van der Waals surface area contributed by atoms with E-state index in [9.17, 15) is 0 Å². The summed E-state index contributed by atoms with van der Waals surface area (Å²) in [5, 5.41) is -0.0988. The first-order valence-electron chi connectivity index (χ1n) is 6.82. The van der Waals surface area contributed by atoms with Gasteiger partial charge in [0, 0.05) is 6.04 Å². The SMILES string of the molecule is COc1cccc2c1nc(C(C)Cl)n2C(C)C1CC1. The third-order valence-electron chi connectivity index (χ3n) is 4.00.